The number of aromatic hydroxyl groups is 1. The van der Waals surface area contributed by atoms with Crippen LogP contribution in [0.3, 0.4) is 0 Å². The minimum absolute atomic E-state index is 0.109. The molecule has 3 aromatic rings. The number of nitrogen functional groups attached to an aromatic ring is 1. The standard InChI is InChI=1S/C29H29F3N6O3/c1-3-25(40)36-13-15(2)27-26-21(38(35-27)20-7-6-17(10-23(20)39)16-4-5-16)8-9-37(22(26)14-36)28(41)18-12-34-24(11-19(18)33)29(30,31)32/h3,6-7,10-12,15-16,22,39H,1,4-5,8-9,13-14H2,2H3,(H2,33,34). The Hall–Kier alpha value is -4.35. The number of nitrogens with two attached hydrogens (primary N) is 1. The molecule has 9 nitrogen and oxygen atoms in total. The topological polar surface area (TPSA) is 118 Å². The molecule has 0 bridgehead atoms. The van der Waals surface area contributed by atoms with Gasteiger partial charge in [0.25, 0.3) is 5.91 Å². The van der Waals surface area contributed by atoms with E-state index in [0.717, 1.165) is 35.9 Å². The maximum absolute atomic E-state index is 13.8. The third-order valence-corrected chi connectivity index (χ3v) is 8.18. The first-order chi connectivity index (χ1) is 19.5. The van der Waals surface area contributed by atoms with Crippen LogP contribution in [0.2, 0.25) is 0 Å². The van der Waals surface area contributed by atoms with Crippen LogP contribution >= 0.6 is 0 Å². The van der Waals surface area contributed by atoms with Gasteiger partial charge in [-0.15, -0.1) is 0 Å². The first-order valence-corrected chi connectivity index (χ1v) is 13.5. The number of hydrogen-bond acceptors (Lipinski definition) is 6. The van der Waals surface area contributed by atoms with Crippen molar-refractivity contribution in [3.63, 3.8) is 0 Å². The average Bonchev–Trinajstić information content (AvgIpc) is 3.73. The molecule has 12 heteroatoms. The number of rotatable bonds is 4. The minimum Gasteiger partial charge on any atom is -0.506 e. The molecular formula is C29H29F3N6O3. The summed E-state index contributed by atoms with van der Waals surface area (Å²) in [7, 11) is 0. The normalized spacial score (nSPS) is 20.4. The quantitative estimate of drug-likeness (QED) is 0.455. The lowest BCUT2D eigenvalue weighted by atomic mass is 9.92. The highest BCUT2D eigenvalue weighted by Gasteiger charge is 2.43. The largest absolute Gasteiger partial charge is 0.506 e. The predicted molar refractivity (Wildman–Crippen MR) is 144 cm³/mol. The number of hydrogen-bond donors (Lipinski definition) is 2. The van der Waals surface area contributed by atoms with Crippen molar-refractivity contribution in [2.45, 2.75) is 50.2 Å². The number of carbonyl (C=O) groups is 2. The first kappa shape index (κ1) is 26.9. The SMILES string of the molecule is C=CC(=O)N1CC(C)c2nn(-c3ccc(C4CC4)cc3O)c3c2C(C1)N(C(=O)c1cnc(C(F)(F)F)cc1N)CC3. The number of nitrogens with zero attached hydrogens (tertiary/aromatic N) is 5. The van der Waals surface area contributed by atoms with Gasteiger partial charge in [0.2, 0.25) is 5.91 Å². The van der Waals surface area contributed by atoms with E-state index in [-0.39, 0.29) is 41.9 Å². The van der Waals surface area contributed by atoms with Crippen molar-refractivity contribution < 1.29 is 27.9 Å². The molecule has 2 atom stereocenters. The summed E-state index contributed by atoms with van der Waals surface area (Å²) >= 11 is 0. The molecule has 1 saturated carbocycles. The van der Waals surface area contributed by atoms with E-state index >= 15 is 0 Å². The summed E-state index contributed by atoms with van der Waals surface area (Å²) in [6, 6.07) is 5.63. The fourth-order valence-electron chi connectivity index (χ4n) is 5.98. The summed E-state index contributed by atoms with van der Waals surface area (Å²) in [6.45, 7) is 6.18. The Morgan fingerprint density at radius 2 is 1.95 bits per heavy atom. The van der Waals surface area contributed by atoms with Gasteiger partial charge in [0.1, 0.15) is 17.1 Å². The predicted octanol–water partition coefficient (Wildman–Crippen LogP) is 4.32. The number of anilines is 1. The van der Waals surface area contributed by atoms with E-state index in [1.807, 2.05) is 19.1 Å². The zero-order chi connectivity index (χ0) is 29.2. The molecule has 2 aliphatic heterocycles. The first-order valence-electron chi connectivity index (χ1n) is 13.5. The van der Waals surface area contributed by atoms with Crippen LogP contribution in [-0.4, -0.2) is 61.1 Å². The van der Waals surface area contributed by atoms with Crippen LogP contribution in [0.15, 0.2) is 43.1 Å². The zero-order valence-electron chi connectivity index (χ0n) is 22.4. The van der Waals surface area contributed by atoms with Gasteiger partial charge in [-0.05, 0) is 48.6 Å². The van der Waals surface area contributed by atoms with Gasteiger partial charge >= 0.3 is 6.18 Å². The molecule has 1 aliphatic carbocycles. The Morgan fingerprint density at radius 3 is 2.59 bits per heavy atom. The van der Waals surface area contributed by atoms with Gasteiger partial charge in [0.05, 0.1) is 23.0 Å². The van der Waals surface area contributed by atoms with E-state index in [0.29, 0.717) is 36.3 Å². The fraction of sp³-hybridized carbons (Fsp3) is 0.379. The Balaban J connectivity index is 1.44. The third kappa shape index (κ3) is 4.60. The number of pyridine rings is 1. The van der Waals surface area contributed by atoms with Gasteiger partial charge in [-0.1, -0.05) is 19.6 Å². The summed E-state index contributed by atoms with van der Waals surface area (Å²) in [6.07, 6.45) is -0.0750. The number of phenolic OH excluding ortho intramolecular Hbond substituents is 1. The summed E-state index contributed by atoms with van der Waals surface area (Å²) in [5.74, 6) is -0.529. The molecule has 0 spiro atoms. The number of phenols is 1. The van der Waals surface area contributed by atoms with Gasteiger partial charge in [-0.3, -0.25) is 14.6 Å². The fourth-order valence-corrected chi connectivity index (χ4v) is 5.98. The second kappa shape index (κ2) is 9.64. The summed E-state index contributed by atoms with van der Waals surface area (Å²) in [5.41, 5.74) is 8.12. The number of alkyl halides is 3. The second-order valence-corrected chi connectivity index (χ2v) is 10.9. The molecule has 0 saturated heterocycles. The van der Waals surface area contributed by atoms with Gasteiger partial charge < -0.3 is 20.6 Å². The van der Waals surface area contributed by atoms with Crippen LogP contribution in [0, 0.1) is 0 Å². The van der Waals surface area contributed by atoms with Gasteiger partial charge in [-0.2, -0.15) is 18.3 Å². The summed E-state index contributed by atoms with van der Waals surface area (Å²) in [5, 5.41) is 15.9. The maximum Gasteiger partial charge on any atom is 0.433 e. The molecule has 2 aromatic heterocycles. The summed E-state index contributed by atoms with van der Waals surface area (Å²) in [4.78, 5) is 33.1. The molecule has 214 valence electrons. The molecule has 0 radical (unpaired) electrons. The molecule has 4 heterocycles. The maximum atomic E-state index is 13.8. The Bertz CT molecular complexity index is 1580. The van der Waals surface area contributed by atoms with E-state index in [4.69, 9.17) is 10.8 Å². The van der Waals surface area contributed by atoms with Crippen molar-refractivity contribution in [3.8, 4) is 11.4 Å². The van der Waals surface area contributed by atoms with Gasteiger partial charge in [0, 0.05) is 49.4 Å². The van der Waals surface area contributed by atoms with Crippen molar-refractivity contribution in [1.29, 1.82) is 0 Å². The summed E-state index contributed by atoms with van der Waals surface area (Å²) < 4.78 is 41.2. The average molecular weight is 567 g/mol. The lowest BCUT2D eigenvalue weighted by molar-refractivity contribution is -0.141. The highest BCUT2D eigenvalue weighted by Crippen LogP contribution is 2.44. The van der Waals surface area contributed by atoms with E-state index < -0.39 is 23.8 Å². The van der Waals surface area contributed by atoms with Gasteiger partial charge in [0.15, 0.2) is 0 Å². The van der Waals surface area contributed by atoms with Crippen LogP contribution in [0.5, 0.6) is 5.75 Å². The number of benzene rings is 1. The van der Waals surface area contributed by atoms with E-state index in [1.165, 1.54) is 11.0 Å². The molecule has 1 fully saturated rings. The van der Waals surface area contributed by atoms with Crippen molar-refractivity contribution in [2.75, 3.05) is 25.4 Å². The lowest BCUT2D eigenvalue weighted by Gasteiger charge is -2.38. The minimum atomic E-state index is -4.70. The Kier molecular flexibility index (Phi) is 6.31. The van der Waals surface area contributed by atoms with Crippen molar-refractivity contribution in [1.82, 2.24) is 24.6 Å². The molecule has 1 aromatic carbocycles. The van der Waals surface area contributed by atoms with Crippen LogP contribution in [0.4, 0.5) is 18.9 Å². The Morgan fingerprint density at radius 1 is 1.20 bits per heavy atom. The monoisotopic (exact) mass is 566 g/mol. The van der Waals surface area contributed by atoms with Crippen molar-refractivity contribution >= 4 is 17.5 Å². The van der Waals surface area contributed by atoms with E-state index in [1.54, 1.807) is 15.6 Å². The van der Waals surface area contributed by atoms with Crippen LogP contribution in [-0.2, 0) is 17.4 Å². The van der Waals surface area contributed by atoms with Crippen molar-refractivity contribution in [3.05, 3.63) is 76.9 Å². The highest BCUT2D eigenvalue weighted by molar-refractivity contribution is 5.99. The van der Waals surface area contributed by atoms with Crippen LogP contribution in [0.1, 0.15) is 76.2 Å². The smallest absolute Gasteiger partial charge is 0.433 e. The highest BCUT2D eigenvalue weighted by atomic mass is 19.4. The van der Waals surface area contributed by atoms with Crippen LogP contribution < -0.4 is 5.73 Å². The molecule has 3 N–H and O–H groups in total. The molecule has 6 rings (SSSR count). The number of halogens is 3. The lowest BCUT2D eigenvalue weighted by Crippen LogP contribution is -2.46. The number of aromatic nitrogens is 3. The van der Waals surface area contributed by atoms with Crippen molar-refractivity contribution in [2.24, 2.45) is 0 Å². The molecule has 2 amide bonds. The van der Waals surface area contributed by atoms with E-state index in [2.05, 4.69) is 11.6 Å². The zero-order valence-corrected chi connectivity index (χ0v) is 22.4. The molecule has 3 aliphatic rings. The van der Waals surface area contributed by atoms with Crippen LogP contribution in [0.25, 0.3) is 5.69 Å². The molecule has 2 unspecified atom stereocenters. The Labute approximate surface area is 234 Å². The molecule has 41 heavy (non-hydrogen) atoms. The second-order valence-electron chi connectivity index (χ2n) is 10.9. The number of carbonyl (C=O) groups excluding carboxylic acids is 2. The molecular weight excluding hydrogens is 537 g/mol. The van der Waals surface area contributed by atoms with E-state index in [9.17, 15) is 27.9 Å². The number of amides is 2. The third-order valence-electron chi connectivity index (χ3n) is 8.18. The van der Waals surface area contributed by atoms with Gasteiger partial charge in [-0.25, -0.2) is 4.68 Å².